The second-order valence-electron chi connectivity index (χ2n) is 2.96. The van der Waals surface area contributed by atoms with Crippen LogP contribution >= 0.6 is 0 Å². The monoisotopic (exact) mass is 689 g/mol. The third kappa shape index (κ3) is 28.3. The first kappa shape index (κ1) is 40.6. The van der Waals surface area contributed by atoms with Crippen LogP contribution in [-0.4, -0.2) is 35.0 Å². The average Bonchev–Trinajstić information content (AvgIpc) is 2.34. The largest absolute Gasteiger partial charge is 3.00 e. The van der Waals surface area contributed by atoms with Crippen molar-refractivity contribution in [3.05, 3.63) is 0 Å². The molecule has 0 saturated carbocycles. The molecule has 1 radical (unpaired) electrons. The normalized spacial score (nSPS) is 12.5. The third-order valence-corrected chi connectivity index (χ3v) is 2.58. The summed E-state index contributed by atoms with van der Waals surface area (Å²) < 4.78 is 206. The summed E-state index contributed by atoms with van der Waals surface area (Å²) in [5.41, 5.74) is -20.8. The number of hydrogen-bond acceptors (Lipinski definition) is 11. The molecular weight excluding hydrogens is 688 g/mol. The zero-order chi connectivity index (χ0) is 25.2. The van der Waals surface area contributed by atoms with E-state index in [0.717, 1.165) is 0 Å². The maximum absolute atomic E-state index is 10.7. The molecule has 0 bridgehead atoms. The van der Waals surface area contributed by atoms with Gasteiger partial charge < -0.3 is 25.3 Å². The predicted octanol–water partition coefficient (Wildman–Crippen LogP) is 2.84. The molecule has 0 amide bonds. The Morgan fingerprint density at radius 2 is 0.567 bits per heavy atom. The quantitative estimate of drug-likeness (QED) is 0.175. The Kier molecular flexibility index (Phi) is 20.6. The second kappa shape index (κ2) is 15.2. The number of rotatable bonds is 0. The van der Waals surface area contributed by atoms with Crippen molar-refractivity contribution < 1.29 is 133 Å². The summed E-state index contributed by atoms with van der Waals surface area (Å²) in [5, 5.41) is 0. The Labute approximate surface area is 195 Å². The van der Waals surface area contributed by atoms with Gasteiger partial charge in [-0.15, -0.1) is 0 Å². The van der Waals surface area contributed by atoms with Crippen LogP contribution < -0.4 is 0 Å². The minimum atomic E-state index is -5.84. The molecule has 0 heterocycles. The van der Waals surface area contributed by atoms with Crippen molar-refractivity contribution in [3.63, 3.8) is 0 Å². The van der Waals surface area contributed by atoms with Crippen LogP contribution in [0.5, 0.6) is 0 Å². The van der Waals surface area contributed by atoms with E-state index >= 15 is 0 Å². The van der Waals surface area contributed by atoms with Crippen LogP contribution in [0, 0.1) is 41.7 Å². The minimum Gasteiger partial charge on any atom is -0.416 e. The first-order chi connectivity index (χ1) is 12.1. The first-order valence-corrected chi connectivity index (χ1v) is 9.26. The van der Waals surface area contributed by atoms with Crippen LogP contribution in [0.3, 0.4) is 0 Å². The average molecular weight is 689 g/mol. The van der Waals surface area contributed by atoms with Crippen molar-refractivity contribution in [2.45, 2.75) is 22.0 Å². The van der Waals surface area contributed by atoms with Gasteiger partial charge in [0.05, 0.1) is 0 Å². The molecular formula is C4HCeF12O9S4. The van der Waals surface area contributed by atoms with Gasteiger partial charge in [-0.3, -0.25) is 4.55 Å². The van der Waals surface area contributed by atoms with Crippen LogP contribution in [-0.2, 0) is 67.5 Å². The van der Waals surface area contributed by atoms with E-state index in [9.17, 15) is 52.7 Å². The second-order valence-corrected chi connectivity index (χ2v) is 7.17. The smallest absolute Gasteiger partial charge is 0.416 e. The molecule has 0 aromatic carbocycles. The maximum Gasteiger partial charge on any atom is 3.00 e. The van der Waals surface area contributed by atoms with E-state index in [-0.39, 0.29) is 41.7 Å². The Morgan fingerprint density at radius 3 is 0.567 bits per heavy atom. The van der Waals surface area contributed by atoms with E-state index in [4.69, 9.17) is 38.2 Å². The standard InChI is InChI=1S/CHF3O3S.3CF3O2S.Ce/c2-1(3,4)8(5,6)7;3*2-1(3,4)7(5)6;/h(H,5,6,7);;;;/q;3*-1;+3. The van der Waals surface area contributed by atoms with Crippen LogP contribution in [0.4, 0.5) is 52.7 Å². The molecule has 0 aromatic heterocycles. The fourth-order valence-corrected chi connectivity index (χ4v) is 0. The third-order valence-electron chi connectivity index (χ3n) is 0.859. The molecule has 183 valence electrons. The summed E-state index contributed by atoms with van der Waals surface area (Å²) in [6.07, 6.45) is 0. The molecule has 0 aromatic rings. The first-order valence-electron chi connectivity index (χ1n) is 4.60. The van der Waals surface area contributed by atoms with Gasteiger partial charge in [0.15, 0.2) is 0 Å². The van der Waals surface area contributed by atoms with Crippen molar-refractivity contribution in [1.82, 2.24) is 0 Å². The van der Waals surface area contributed by atoms with Gasteiger partial charge in [-0.1, -0.05) is 0 Å². The SMILES string of the molecule is O=S(=O)(O)C(F)(F)F.O=[S-](=O)C(F)(F)F.O=[S-](=O)C(F)(F)F.O=[S-](=O)C(F)(F)F.[Ce+3]. The van der Waals surface area contributed by atoms with Crippen LogP contribution in [0.1, 0.15) is 0 Å². The van der Waals surface area contributed by atoms with E-state index in [0.29, 0.717) is 0 Å². The van der Waals surface area contributed by atoms with Crippen LogP contribution in [0.15, 0.2) is 0 Å². The summed E-state index contributed by atoms with van der Waals surface area (Å²) in [4.78, 5) is 0. The summed E-state index contributed by atoms with van der Waals surface area (Å²) in [7, 11) is -17.6. The van der Waals surface area contributed by atoms with Crippen molar-refractivity contribution in [2.75, 3.05) is 0 Å². The van der Waals surface area contributed by atoms with Crippen LogP contribution in [0.25, 0.3) is 0 Å². The summed E-state index contributed by atoms with van der Waals surface area (Å²) >= 11 is 0. The number of alkyl halides is 12. The van der Waals surface area contributed by atoms with Crippen LogP contribution in [0.2, 0.25) is 0 Å². The molecule has 1 N–H and O–H groups in total. The van der Waals surface area contributed by atoms with E-state index in [1.54, 1.807) is 0 Å². The van der Waals surface area contributed by atoms with E-state index in [1.807, 2.05) is 0 Å². The van der Waals surface area contributed by atoms with Crippen molar-refractivity contribution in [1.29, 1.82) is 0 Å². The fraction of sp³-hybridized carbons (Fsp3) is 1.00. The van der Waals surface area contributed by atoms with Crippen molar-refractivity contribution in [3.8, 4) is 0 Å². The molecule has 0 spiro atoms. The zero-order valence-electron chi connectivity index (χ0n) is 12.4. The number of hydrogen-bond donors (Lipinski definition) is 1. The predicted molar refractivity (Wildman–Crippen MR) is 62.0 cm³/mol. The summed E-state index contributed by atoms with van der Waals surface area (Å²) in [5.74, 6) is 0. The Bertz CT molecular complexity index is 709. The van der Waals surface area contributed by atoms with Gasteiger partial charge in [-0.05, 0) is 0 Å². The summed E-state index contributed by atoms with van der Waals surface area (Å²) in [6, 6.07) is 0. The van der Waals surface area contributed by atoms with E-state index in [1.165, 1.54) is 0 Å². The molecule has 9 nitrogen and oxygen atoms in total. The Hall–Kier alpha value is 0.297. The van der Waals surface area contributed by atoms with E-state index < -0.39 is 64.3 Å². The van der Waals surface area contributed by atoms with Gasteiger partial charge in [0, 0.05) is 32.1 Å². The summed E-state index contributed by atoms with van der Waals surface area (Å²) in [6.45, 7) is 0. The van der Waals surface area contributed by atoms with Crippen molar-refractivity contribution in [2.24, 2.45) is 0 Å². The molecule has 26 heteroatoms. The zero-order valence-corrected chi connectivity index (χ0v) is 18.8. The molecule has 0 fully saturated rings. The Morgan fingerprint density at radius 1 is 0.500 bits per heavy atom. The maximum atomic E-state index is 10.7. The van der Waals surface area contributed by atoms with Gasteiger partial charge in [-0.2, -0.15) is 61.1 Å². The van der Waals surface area contributed by atoms with Gasteiger partial charge in [0.2, 0.25) is 0 Å². The Balaban J connectivity index is -0.0000000917. The van der Waals surface area contributed by atoms with Gasteiger partial charge in [0.1, 0.15) is 0 Å². The fourth-order valence-electron chi connectivity index (χ4n) is 0. The minimum absolute atomic E-state index is 0. The molecule has 30 heavy (non-hydrogen) atoms. The molecule has 0 unspecified atom stereocenters. The van der Waals surface area contributed by atoms with Crippen molar-refractivity contribution >= 4 is 42.2 Å². The number of halogens is 12. The van der Waals surface area contributed by atoms with Gasteiger partial charge in [-0.25, -0.2) is 0 Å². The molecule has 0 atom stereocenters. The molecule has 0 rings (SSSR count). The molecule has 0 aliphatic heterocycles. The van der Waals surface area contributed by atoms with Gasteiger partial charge in [0.25, 0.3) is 0 Å². The van der Waals surface area contributed by atoms with Gasteiger partial charge >= 0.3 is 73.9 Å². The molecule has 0 aliphatic rings. The molecule has 0 saturated heterocycles. The molecule has 0 aliphatic carbocycles. The van der Waals surface area contributed by atoms with E-state index in [2.05, 4.69) is 0 Å². The topological polar surface area (TPSA) is 157 Å².